The molecule has 8 nitrogen and oxygen atoms in total. The summed E-state index contributed by atoms with van der Waals surface area (Å²) in [6, 6.07) is 21.5. The average Bonchev–Trinajstić information content (AvgIpc) is 2.97. The lowest BCUT2D eigenvalue weighted by Crippen LogP contribution is -2.57. The van der Waals surface area contributed by atoms with Gasteiger partial charge in [-0.15, -0.1) is 0 Å². The van der Waals surface area contributed by atoms with E-state index in [0.717, 1.165) is 33.3 Å². The molecular formula is C34H42N4O4. The van der Waals surface area contributed by atoms with Gasteiger partial charge >= 0.3 is 0 Å². The maximum atomic E-state index is 14.2. The number of hydrazine groups is 1. The summed E-state index contributed by atoms with van der Waals surface area (Å²) in [6.07, 6.45) is 4.58. The number of allylic oxidation sites excluding steroid dienone is 1. The summed E-state index contributed by atoms with van der Waals surface area (Å²) in [5.41, 5.74) is 4.35. The van der Waals surface area contributed by atoms with Gasteiger partial charge in [0, 0.05) is 40.9 Å². The normalized spacial score (nSPS) is 12.6. The monoisotopic (exact) mass is 570 g/mol. The predicted molar refractivity (Wildman–Crippen MR) is 166 cm³/mol. The van der Waals surface area contributed by atoms with Crippen LogP contribution in [0.25, 0.3) is 10.8 Å². The highest BCUT2D eigenvalue weighted by molar-refractivity contribution is 5.95. The summed E-state index contributed by atoms with van der Waals surface area (Å²) in [7, 11) is 4.65. The number of nitrogens with one attached hydrogen (secondary N) is 1. The van der Waals surface area contributed by atoms with Crippen LogP contribution in [0.15, 0.2) is 84.9 Å². The van der Waals surface area contributed by atoms with Crippen LogP contribution in [0.1, 0.15) is 38.3 Å². The van der Waals surface area contributed by atoms with Crippen molar-refractivity contribution in [3.63, 3.8) is 0 Å². The van der Waals surface area contributed by atoms with Gasteiger partial charge in [0.25, 0.3) is 5.91 Å². The van der Waals surface area contributed by atoms with Crippen molar-refractivity contribution in [1.82, 2.24) is 20.2 Å². The van der Waals surface area contributed by atoms with Crippen LogP contribution in [0.3, 0.4) is 0 Å². The molecule has 0 saturated heterocycles. The first-order valence-corrected chi connectivity index (χ1v) is 14.2. The van der Waals surface area contributed by atoms with Crippen LogP contribution in [0, 0.1) is 5.92 Å². The number of hydrogen-bond acceptors (Lipinski definition) is 4. The summed E-state index contributed by atoms with van der Waals surface area (Å²) in [4.78, 5) is 55.6. The highest BCUT2D eigenvalue weighted by Crippen LogP contribution is 2.20. The van der Waals surface area contributed by atoms with Gasteiger partial charge in [0.15, 0.2) is 0 Å². The van der Waals surface area contributed by atoms with Crippen LogP contribution in [0.4, 0.5) is 0 Å². The zero-order chi connectivity index (χ0) is 30.8. The van der Waals surface area contributed by atoms with E-state index in [9.17, 15) is 19.2 Å². The molecule has 0 heterocycles. The van der Waals surface area contributed by atoms with Crippen molar-refractivity contribution in [3.05, 3.63) is 96.1 Å². The van der Waals surface area contributed by atoms with E-state index < -0.39 is 18.0 Å². The third kappa shape index (κ3) is 8.77. The molecule has 0 bridgehead atoms. The fourth-order valence-corrected chi connectivity index (χ4v) is 4.64. The molecule has 1 N–H and O–H groups in total. The lowest BCUT2D eigenvalue weighted by molar-refractivity contribution is -0.148. The zero-order valence-corrected chi connectivity index (χ0v) is 25.4. The van der Waals surface area contributed by atoms with Crippen LogP contribution >= 0.6 is 0 Å². The quantitative estimate of drug-likeness (QED) is 0.274. The molecule has 0 radical (unpaired) electrons. The number of amides is 4. The van der Waals surface area contributed by atoms with Crippen molar-refractivity contribution < 1.29 is 19.2 Å². The Morgan fingerprint density at radius 2 is 1.38 bits per heavy atom. The van der Waals surface area contributed by atoms with Crippen LogP contribution in [0.5, 0.6) is 0 Å². The van der Waals surface area contributed by atoms with Crippen molar-refractivity contribution >= 4 is 34.4 Å². The van der Waals surface area contributed by atoms with Gasteiger partial charge in [-0.05, 0) is 40.3 Å². The number of nitrogens with zero attached hydrogens (tertiary/aromatic N) is 3. The second kappa shape index (κ2) is 15.0. The van der Waals surface area contributed by atoms with E-state index in [0.29, 0.717) is 5.92 Å². The lowest BCUT2D eigenvalue weighted by Gasteiger charge is -2.35. The molecule has 0 aliphatic heterocycles. The first kappa shape index (κ1) is 32.1. The standard InChI is InChI=1S/C34H42N4O4/c1-24(2)13-12-18-32(40)36(4)31(23-27-19-20-28-16-10-11-17-29(28)21-27)34(42)37(5)30(22-26-14-8-7-9-15-26)33(41)35-38(6)25(3)39/h7-12,14-21,24,30-31H,13,22-23H2,1-6H3,(H,35,41)/t30-,31-/m1/s1. The van der Waals surface area contributed by atoms with E-state index >= 15 is 0 Å². The molecule has 0 spiro atoms. The van der Waals surface area contributed by atoms with Crippen molar-refractivity contribution in [2.75, 3.05) is 21.1 Å². The summed E-state index contributed by atoms with van der Waals surface area (Å²) in [5.74, 6) is -1.11. The van der Waals surface area contributed by atoms with Gasteiger partial charge in [-0.3, -0.25) is 29.6 Å². The Balaban J connectivity index is 1.97. The number of benzene rings is 3. The molecule has 0 aromatic heterocycles. The highest BCUT2D eigenvalue weighted by atomic mass is 16.2. The van der Waals surface area contributed by atoms with Crippen molar-refractivity contribution in [2.24, 2.45) is 5.92 Å². The van der Waals surface area contributed by atoms with E-state index in [1.54, 1.807) is 14.1 Å². The highest BCUT2D eigenvalue weighted by Gasteiger charge is 2.35. The molecule has 4 amide bonds. The third-order valence-corrected chi connectivity index (χ3v) is 7.35. The fraction of sp³-hybridized carbons (Fsp3) is 0.353. The van der Waals surface area contributed by atoms with Crippen LogP contribution < -0.4 is 5.43 Å². The summed E-state index contributed by atoms with van der Waals surface area (Å²) in [6.45, 7) is 5.48. The van der Waals surface area contributed by atoms with Crippen LogP contribution in [0.2, 0.25) is 0 Å². The molecule has 42 heavy (non-hydrogen) atoms. The number of rotatable bonds is 11. The van der Waals surface area contributed by atoms with Gasteiger partial charge in [0.1, 0.15) is 12.1 Å². The van der Waals surface area contributed by atoms with Gasteiger partial charge < -0.3 is 9.80 Å². The minimum atomic E-state index is -0.930. The average molecular weight is 571 g/mol. The summed E-state index contributed by atoms with van der Waals surface area (Å²) in [5, 5.41) is 3.21. The molecule has 0 aliphatic rings. The maximum absolute atomic E-state index is 14.2. The third-order valence-electron chi connectivity index (χ3n) is 7.35. The van der Waals surface area contributed by atoms with Gasteiger partial charge in [-0.2, -0.15) is 0 Å². The molecule has 8 heteroatoms. The Morgan fingerprint density at radius 1 is 0.762 bits per heavy atom. The van der Waals surface area contributed by atoms with Gasteiger partial charge in [0.05, 0.1) is 0 Å². The summed E-state index contributed by atoms with van der Waals surface area (Å²) < 4.78 is 0. The Labute approximate surface area is 248 Å². The molecule has 2 atom stereocenters. The fourth-order valence-electron chi connectivity index (χ4n) is 4.64. The minimum absolute atomic E-state index is 0.231. The molecule has 0 unspecified atom stereocenters. The van der Waals surface area contributed by atoms with E-state index in [2.05, 4.69) is 19.3 Å². The minimum Gasteiger partial charge on any atom is -0.332 e. The Hall–Kier alpha value is -4.46. The predicted octanol–water partition coefficient (Wildman–Crippen LogP) is 4.39. The van der Waals surface area contributed by atoms with E-state index in [1.807, 2.05) is 78.9 Å². The zero-order valence-electron chi connectivity index (χ0n) is 25.4. The van der Waals surface area contributed by atoms with Crippen molar-refractivity contribution in [1.29, 1.82) is 0 Å². The molecule has 0 aliphatic carbocycles. The SMILES string of the molecule is CC(=O)N(C)NC(=O)[C@@H](Cc1ccccc1)N(C)C(=O)[C@@H](Cc1ccc2ccccc2c1)N(C)C(=O)C=CCC(C)C. The largest absolute Gasteiger partial charge is 0.332 e. The first-order chi connectivity index (χ1) is 20.0. The first-order valence-electron chi connectivity index (χ1n) is 14.2. The Bertz CT molecular complexity index is 1420. The molecular weight excluding hydrogens is 528 g/mol. The number of likely N-dealkylation sites (N-methyl/N-ethyl adjacent to an activating group) is 2. The Morgan fingerprint density at radius 3 is 2.02 bits per heavy atom. The molecule has 222 valence electrons. The Kier molecular flexibility index (Phi) is 11.4. The smallest absolute Gasteiger partial charge is 0.261 e. The van der Waals surface area contributed by atoms with Crippen LogP contribution in [-0.2, 0) is 32.0 Å². The lowest BCUT2D eigenvalue weighted by atomic mass is 9.98. The number of fused-ring (bicyclic) bond motifs is 1. The summed E-state index contributed by atoms with van der Waals surface area (Å²) >= 11 is 0. The van der Waals surface area contributed by atoms with Crippen LogP contribution in [-0.4, -0.2) is 71.7 Å². The molecule has 3 aromatic carbocycles. The van der Waals surface area contributed by atoms with E-state index in [4.69, 9.17) is 0 Å². The van der Waals surface area contributed by atoms with Gasteiger partial charge in [-0.1, -0.05) is 92.7 Å². The number of carbonyl (C=O) groups is 4. The second-order valence-corrected chi connectivity index (χ2v) is 11.1. The molecule has 3 aromatic rings. The van der Waals surface area contributed by atoms with Gasteiger partial charge in [-0.25, -0.2) is 0 Å². The maximum Gasteiger partial charge on any atom is 0.261 e. The van der Waals surface area contributed by atoms with Crippen molar-refractivity contribution in [2.45, 2.75) is 52.1 Å². The van der Waals surface area contributed by atoms with E-state index in [1.165, 1.54) is 29.8 Å². The van der Waals surface area contributed by atoms with Gasteiger partial charge in [0.2, 0.25) is 17.7 Å². The topological polar surface area (TPSA) is 90.0 Å². The van der Waals surface area contributed by atoms with E-state index in [-0.39, 0.29) is 30.6 Å². The number of carbonyl (C=O) groups excluding carboxylic acids is 4. The molecule has 3 rings (SSSR count). The molecule has 0 saturated carbocycles. The molecule has 0 fully saturated rings. The van der Waals surface area contributed by atoms with Crippen molar-refractivity contribution in [3.8, 4) is 0 Å². The second-order valence-electron chi connectivity index (χ2n) is 11.1. The number of hydrogen-bond donors (Lipinski definition) is 1.